The average molecular weight is 246 g/mol. The average Bonchev–Trinajstić information content (AvgIpc) is 2.79. The minimum atomic E-state index is 0.148. The van der Waals surface area contributed by atoms with Gasteiger partial charge in [0.2, 0.25) is 5.89 Å². The van der Waals surface area contributed by atoms with Crippen molar-refractivity contribution in [3.63, 3.8) is 0 Å². The summed E-state index contributed by atoms with van der Waals surface area (Å²) in [4.78, 5) is 4.31. The molecule has 1 N–H and O–H groups in total. The van der Waals surface area contributed by atoms with Gasteiger partial charge in [0.1, 0.15) is 0 Å². The number of benzene rings is 1. The van der Waals surface area contributed by atoms with E-state index < -0.39 is 0 Å². The first-order valence-corrected chi connectivity index (χ1v) is 6.17. The summed E-state index contributed by atoms with van der Waals surface area (Å²) in [5.41, 5.74) is 3.75. The summed E-state index contributed by atoms with van der Waals surface area (Å²) in [5.74, 6) is 1.30. The molecule has 0 unspecified atom stereocenters. The Hall–Kier alpha value is -1.68. The van der Waals surface area contributed by atoms with Crippen LogP contribution in [0.1, 0.15) is 34.8 Å². The molecule has 0 amide bonds. The van der Waals surface area contributed by atoms with Gasteiger partial charge in [0.25, 0.3) is 0 Å². The van der Waals surface area contributed by atoms with Gasteiger partial charge < -0.3 is 9.63 Å². The summed E-state index contributed by atoms with van der Waals surface area (Å²) in [7, 11) is 0. The first kappa shape index (κ1) is 12.8. The molecule has 4 heteroatoms. The topological polar surface area (TPSA) is 59.2 Å². The molecule has 2 aromatic rings. The monoisotopic (exact) mass is 246 g/mol. The van der Waals surface area contributed by atoms with Crippen LogP contribution >= 0.6 is 0 Å². The van der Waals surface area contributed by atoms with Crippen LogP contribution in [0.5, 0.6) is 0 Å². The van der Waals surface area contributed by atoms with Gasteiger partial charge in [-0.3, -0.25) is 0 Å². The van der Waals surface area contributed by atoms with Crippen molar-refractivity contribution in [1.29, 1.82) is 0 Å². The van der Waals surface area contributed by atoms with Crippen LogP contribution in [0, 0.1) is 13.8 Å². The van der Waals surface area contributed by atoms with E-state index in [1.807, 2.05) is 0 Å². The first-order valence-electron chi connectivity index (χ1n) is 6.17. The minimum Gasteiger partial charge on any atom is -0.396 e. The summed E-state index contributed by atoms with van der Waals surface area (Å²) in [5, 5.41) is 12.7. The van der Waals surface area contributed by atoms with Gasteiger partial charge in [-0.25, -0.2) is 0 Å². The van der Waals surface area contributed by atoms with Crippen molar-refractivity contribution in [2.24, 2.45) is 0 Å². The van der Waals surface area contributed by atoms with Crippen molar-refractivity contribution in [2.45, 2.75) is 33.1 Å². The van der Waals surface area contributed by atoms with E-state index >= 15 is 0 Å². The molecular weight excluding hydrogens is 228 g/mol. The summed E-state index contributed by atoms with van der Waals surface area (Å²) < 4.78 is 5.12. The van der Waals surface area contributed by atoms with Crippen molar-refractivity contribution in [3.8, 4) is 0 Å². The van der Waals surface area contributed by atoms with Gasteiger partial charge >= 0.3 is 0 Å². The maximum atomic E-state index is 8.74. The second-order valence-corrected chi connectivity index (χ2v) is 4.53. The molecule has 0 aliphatic carbocycles. The van der Waals surface area contributed by atoms with Crippen LogP contribution < -0.4 is 0 Å². The van der Waals surface area contributed by atoms with Gasteiger partial charge in [0.15, 0.2) is 5.82 Å². The Morgan fingerprint density at radius 3 is 2.78 bits per heavy atom. The number of hydrogen-bond acceptors (Lipinski definition) is 4. The molecule has 1 aromatic heterocycles. The first-order chi connectivity index (χ1) is 8.69. The number of nitrogens with zero attached hydrogens (tertiary/aromatic N) is 2. The van der Waals surface area contributed by atoms with Crippen molar-refractivity contribution < 1.29 is 9.63 Å². The van der Waals surface area contributed by atoms with Gasteiger partial charge in [-0.1, -0.05) is 23.4 Å². The van der Waals surface area contributed by atoms with E-state index in [0.29, 0.717) is 31.0 Å². The molecule has 2 rings (SSSR count). The molecule has 0 saturated heterocycles. The van der Waals surface area contributed by atoms with E-state index in [0.717, 1.165) is 0 Å². The standard InChI is InChI=1S/C14H18N2O2/c1-10-5-6-12(8-11(10)2)9-13-15-14(18-16-13)4-3-7-17/h5-6,8,17H,3-4,7,9H2,1-2H3. The van der Waals surface area contributed by atoms with Crippen molar-refractivity contribution >= 4 is 0 Å². The Kier molecular flexibility index (Phi) is 4.10. The largest absolute Gasteiger partial charge is 0.396 e. The molecule has 96 valence electrons. The highest BCUT2D eigenvalue weighted by atomic mass is 16.5. The van der Waals surface area contributed by atoms with E-state index in [4.69, 9.17) is 9.63 Å². The molecule has 0 fully saturated rings. The van der Waals surface area contributed by atoms with E-state index in [1.54, 1.807) is 0 Å². The summed E-state index contributed by atoms with van der Waals surface area (Å²) in [6.07, 6.45) is 1.98. The Morgan fingerprint density at radius 1 is 1.22 bits per heavy atom. The van der Waals surface area contributed by atoms with Gasteiger partial charge in [-0.05, 0) is 37.0 Å². The lowest BCUT2D eigenvalue weighted by Crippen LogP contribution is -1.94. The van der Waals surface area contributed by atoms with Gasteiger partial charge in [0, 0.05) is 19.4 Å². The second-order valence-electron chi connectivity index (χ2n) is 4.53. The third kappa shape index (κ3) is 3.17. The number of rotatable bonds is 5. The molecule has 0 spiro atoms. The minimum absolute atomic E-state index is 0.148. The van der Waals surface area contributed by atoms with Crippen LogP contribution in [0.4, 0.5) is 0 Å². The van der Waals surface area contributed by atoms with Crippen LogP contribution in [0.2, 0.25) is 0 Å². The highest BCUT2D eigenvalue weighted by Gasteiger charge is 2.07. The lowest BCUT2D eigenvalue weighted by atomic mass is 10.0. The number of aliphatic hydroxyl groups is 1. The molecule has 0 bridgehead atoms. The fourth-order valence-corrected chi connectivity index (χ4v) is 1.79. The molecule has 1 aromatic carbocycles. The summed E-state index contributed by atoms with van der Waals surface area (Å²) in [6, 6.07) is 6.35. The maximum Gasteiger partial charge on any atom is 0.226 e. The van der Waals surface area contributed by atoms with Crippen LogP contribution in [0.3, 0.4) is 0 Å². The van der Waals surface area contributed by atoms with Crippen LogP contribution in [-0.2, 0) is 12.8 Å². The zero-order valence-corrected chi connectivity index (χ0v) is 10.8. The van der Waals surface area contributed by atoms with E-state index in [9.17, 15) is 0 Å². The van der Waals surface area contributed by atoms with Crippen LogP contribution in [-0.4, -0.2) is 21.9 Å². The molecule has 18 heavy (non-hydrogen) atoms. The smallest absolute Gasteiger partial charge is 0.226 e. The molecule has 0 atom stereocenters. The zero-order chi connectivity index (χ0) is 13.0. The molecule has 0 saturated carbocycles. The van der Waals surface area contributed by atoms with Gasteiger partial charge in [-0.2, -0.15) is 4.98 Å². The molecule has 0 aliphatic heterocycles. The number of aryl methyl sites for hydroxylation is 3. The van der Waals surface area contributed by atoms with Crippen LogP contribution in [0.15, 0.2) is 22.7 Å². The normalized spacial score (nSPS) is 10.8. The van der Waals surface area contributed by atoms with Crippen molar-refractivity contribution in [3.05, 3.63) is 46.6 Å². The SMILES string of the molecule is Cc1ccc(Cc2noc(CCCO)n2)cc1C. The Bertz CT molecular complexity index is 520. The lowest BCUT2D eigenvalue weighted by molar-refractivity contribution is 0.278. The van der Waals surface area contributed by atoms with Gasteiger partial charge in [0.05, 0.1) is 0 Å². The van der Waals surface area contributed by atoms with Crippen molar-refractivity contribution in [2.75, 3.05) is 6.61 Å². The van der Waals surface area contributed by atoms with E-state index in [-0.39, 0.29) is 6.61 Å². The molecule has 1 heterocycles. The number of hydrogen-bond donors (Lipinski definition) is 1. The van der Waals surface area contributed by atoms with Gasteiger partial charge in [-0.15, -0.1) is 0 Å². The predicted octanol–water partition coefficient (Wildman–Crippen LogP) is 2.20. The highest BCUT2D eigenvalue weighted by Crippen LogP contribution is 2.13. The fraction of sp³-hybridized carbons (Fsp3) is 0.429. The van der Waals surface area contributed by atoms with E-state index in [2.05, 4.69) is 42.2 Å². The quantitative estimate of drug-likeness (QED) is 0.878. The Morgan fingerprint density at radius 2 is 2.06 bits per heavy atom. The maximum absolute atomic E-state index is 8.74. The Balaban J connectivity index is 2.04. The molecule has 4 nitrogen and oxygen atoms in total. The number of aromatic nitrogens is 2. The van der Waals surface area contributed by atoms with Crippen LogP contribution in [0.25, 0.3) is 0 Å². The molecule has 0 aliphatic rings. The lowest BCUT2D eigenvalue weighted by Gasteiger charge is -2.02. The van der Waals surface area contributed by atoms with Crippen molar-refractivity contribution in [1.82, 2.24) is 10.1 Å². The number of aliphatic hydroxyl groups excluding tert-OH is 1. The third-order valence-corrected chi connectivity index (χ3v) is 2.99. The summed E-state index contributed by atoms with van der Waals surface area (Å²) in [6.45, 7) is 4.34. The molecular formula is C14H18N2O2. The van der Waals surface area contributed by atoms with E-state index in [1.165, 1.54) is 16.7 Å². The Labute approximate surface area is 107 Å². The fourth-order valence-electron chi connectivity index (χ4n) is 1.79. The second kappa shape index (κ2) is 5.78. The third-order valence-electron chi connectivity index (χ3n) is 2.99. The summed E-state index contributed by atoms with van der Waals surface area (Å²) >= 11 is 0. The predicted molar refractivity (Wildman–Crippen MR) is 68.4 cm³/mol. The highest BCUT2D eigenvalue weighted by molar-refractivity contribution is 5.31. The molecule has 0 radical (unpaired) electrons. The zero-order valence-electron chi connectivity index (χ0n) is 10.8.